The SMILES string of the molecule is COc1ccc2cc(C(=O)N3CC(c4nc5ccccc5[nH]4)C3)[nH]c2c1. The Balaban J connectivity index is 1.33. The number of para-hydroxylation sites is 2. The molecule has 0 aliphatic carbocycles. The number of benzene rings is 2. The molecule has 1 aliphatic heterocycles. The van der Waals surface area contributed by atoms with Crippen molar-refractivity contribution in [2.75, 3.05) is 20.2 Å². The van der Waals surface area contributed by atoms with Crippen LogP contribution in [0, 0.1) is 0 Å². The molecule has 26 heavy (non-hydrogen) atoms. The van der Waals surface area contributed by atoms with E-state index in [1.165, 1.54) is 0 Å². The van der Waals surface area contributed by atoms with E-state index in [9.17, 15) is 4.79 Å². The third-order valence-corrected chi connectivity index (χ3v) is 5.02. The van der Waals surface area contributed by atoms with Crippen LogP contribution in [0.4, 0.5) is 0 Å². The number of carbonyl (C=O) groups is 1. The smallest absolute Gasteiger partial charge is 0.270 e. The highest BCUT2D eigenvalue weighted by Crippen LogP contribution is 2.29. The van der Waals surface area contributed by atoms with E-state index in [-0.39, 0.29) is 11.8 Å². The van der Waals surface area contributed by atoms with Crippen LogP contribution >= 0.6 is 0 Å². The lowest BCUT2D eigenvalue weighted by Gasteiger charge is -2.37. The fraction of sp³-hybridized carbons (Fsp3) is 0.200. The van der Waals surface area contributed by atoms with Crippen molar-refractivity contribution >= 4 is 27.8 Å². The maximum absolute atomic E-state index is 12.7. The summed E-state index contributed by atoms with van der Waals surface area (Å²) < 4.78 is 5.23. The van der Waals surface area contributed by atoms with Crippen molar-refractivity contribution in [1.29, 1.82) is 0 Å². The normalized spacial score (nSPS) is 14.7. The van der Waals surface area contributed by atoms with Crippen molar-refractivity contribution in [2.24, 2.45) is 0 Å². The average molecular weight is 346 g/mol. The molecule has 4 aromatic rings. The maximum Gasteiger partial charge on any atom is 0.270 e. The van der Waals surface area contributed by atoms with Gasteiger partial charge >= 0.3 is 0 Å². The second kappa shape index (κ2) is 5.62. The molecule has 130 valence electrons. The molecule has 2 aromatic heterocycles. The molecule has 1 amide bonds. The van der Waals surface area contributed by atoms with Crippen molar-refractivity contribution in [3.05, 3.63) is 60.0 Å². The minimum Gasteiger partial charge on any atom is -0.497 e. The molecule has 1 aliphatic rings. The third kappa shape index (κ3) is 2.34. The van der Waals surface area contributed by atoms with Crippen LogP contribution in [-0.4, -0.2) is 46.0 Å². The number of rotatable bonds is 3. The highest BCUT2D eigenvalue weighted by Gasteiger charge is 2.34. The number of methoxy groups -OCH3 is 1. The average Bonchev–Trinajstić information content (AvgIpc) is 3.23. The first kappa shape index (κ1) is 15.0. The summed E-state index contributed by atoms with van der Waals surface area (Å²) in [6.07, 6.45) is 0. The van der Waals surface area contributed by atoms with E-state index < -0.39 is 0 Å². The predicted octanol–water partition coefficient (Wildman–Crippen LogP) is 3.29. The molecule has 6 nitrogen and oxygen atoms in total. The van der Waals surface area contributed by atoms with Gasteiger partial charge in [-0.1, -0.05) is 12.1 Å². The van der Waals surface area contributed by atoms with E-state index >= 15 is 0 Å². The fourth-order valence-corrected chi connectivity index (χ4v) is 3.50. The van der Waals surface area contributed by atoms with Crippen molar-refractivity contribution in [3.63, 3.8) is 0 Å². The van der Waals surface area contributed by atoms with Crippen LogP contribution in [0.5, 0.6) is 5.75 Å². The van der Waals surface area contributed by atoms with Crippen LogP contribution in [0.2, 0.25) is 0 Å². The summed E-state index contributed by atoms with van der Waals surface area (Å²) in [5.41, 5.74) is 3.52. The van der Waals surface area contributed by atoms with E-state index in [0.717, 1.165) is 33.5 Å². The number of amides is 1. The second-order valence-electron chi connectivity index (χ2n) is 6.68. The first-order valence-corrected chi connectivity index (χ1v) is 8.62. The minimum atomic E-state index is 0.0209. The van der Waals surface area contributed by atoms with Gasteiger partial charge in [0, 0.05) is 30.1 Å². The van der Waals surface area contributed by atoms with Gasteiger partial charge in [-0.15, -0.1) is 0 Å². The molecule has 1 saturated heterocycles. The second-order valence-corrected chi connectivity index (χ2v) is 6.68. The molecule has 6 heteroatoms. The molecule has 0 radical (unpaired) electrons. The van der Waals surface area contributed by atoms with Crippen molar-refractivity contribution in [2.45, 2.75) is 5.92 Å². The number of ether oxygens (including phenoxy) is 1. The zero-order chi connectivity index (χ0) is 17.7. The number of likely N-dealkylation sites (tertiary alicyclic amines) is 1. The Labute approximate surface area is 149 Å². The van der Waals surface area contributed by atoms with Crippen LogP contribution < -0.4 is 4.74 Å². The first-order valence-electron chi connectivity index (χ1n) is 8.62. The number of H-pyrrole nitrogens is 2. The lowest BCUT2D eigenvalue weighted by molar-refractivity contribution is 0.0590. The van der Waals surface area contributed by atoms with Gasteiger partial charge in [0.05, 0.1) is 24.1 Å². The van der Waals surface area contributed by atoms with Gasteiger partial charge < -0.3 is 19.6 Å². The predicted molar refractivity (Wildman–Crippen MR) is 99.6 cm³/mol. The van der Waals surface area contributed by atoms with Crippen LogP contribution in [0.25, 0.3) is 21.9 Å². The number of carbonyl (C=O) groups excluding carboxylic acids is 1. The molecular weight excluding hydrogens is 328 g/mol. The van der Waals surface area contributed by atoms with Gasteiger partial charge in [-0.3, -0.25) is 4.79 Å². The van der Waals surface area contributed by atoms with Crippen molar-refractivity contribution < 1.29 is 9.53 Å². The van der Waals surface area contributed by atoms with E-state index in [4.69, 9.17) is 4.74 Å². The fourth-order valence-electron chi connectivity index (χ4n) is 3.50. The van der Waals surface area contributed by atoms with Gasteiger partial charge in [0.25, 0.3) is 5.91 Å². The summed E-state index contributed by atoms with van der Waals surface area (Å²) >= 11 is 0. The summed E-state index contributed by atoms with van der Waals surface area (Å²) in [6.45, 7) is 1.36. The largest absolute Gasteiger partial charge is 0.497 e. The number of hydrogen-bond donors (Lipinski definition) is 2. The number of nitrogens with one attached hydrogen (secondary N) is 2. The Bertz CT molecular complexity index is 1090. The van der Waals surface area contributed by atoms with E-state index in [0.29, 0.717) is 18.8 Å². The highest BCUT2D eigenvalue weighted by molar-refractivity contribution is 5.98. The number of nitrogens with zero attached hydrogens (tertiary/aromatic N) is 2. The Hall–Kier alpha value is -3.28. The monoisotopic (exact) mass is 346 g/mol. The quantitative estimate of drug-likeness (QED) is 0.598. The van der Waals surface area contributed by atoms with Crippen molar-refractivity contribution in [1.82, 2.24) is 19.9 Å². The Kier molecular flexibility index (Phi) is 3.25. The van der Waals surface area contributed by atoms with Gasteiger partial charge in [-0.2, -0.15) is 0 Å². The molecular formula is C20H18N4O2. The standard InChI is InChI=1S/C20H18N4O2/c1-26-14-7-6-12-8-18(21-17(12)9-14)20(25)24-10-13(11-24)19-22-15-4-2-3-5-16(15)23-19/h2-9,13,21H,10-11H2,1H3,(H,22,23). The number of fused-ring (bicyclic) bond motifs is 2. The van der Waals surface area contributed by atoms with E-state index in [1.807, 2.05) is 53.4 Å². The Morgan fingerprint density at radius 1 is 1.12 bits per heavy atom. The lowest BCUT2D eigenvalue weighted by atomic mass is 9.99. The number of hydrogen-bond acceptors (Lipinski definition) is 3. The van der Waals surface area contributed by atoms with Crippen LogP contribution in [0.15, 0.2) is 48.5 Å². The molecule has 0 spiro atoms. The summed E-state index contributed by atoms with van der Waals surface area (Å²) in [5.74, 6) is 2.01. The Morgan fingerprint density at radius 3 is 2.77 bits per heavy atom. The summed E-state index contributed by atoms with van der Waals surface area (Å²) in [6, 6.07) is 15.6. The molecule has 1 fully saturated rings. The van der Waals surface area contributed by atoms with Crippen LogP contribution in [0.3, 0.4) is 0 Å². The molecule has 2 N–H and O–H groups in total. The van der Waals surface area contributed by atoms with E-state index in [1.54, 1.807) is 7.11 Å². The molecule has 2 aromatic carbocycles. The maximum atomic E-state index is 12.7. The van der Waals surface area contributed by atoms with Gasteiger partial charge in [-0.25, -0.2) is 4.98 Å². The van der Waals surface area contributed by atoms with Gasteiger partial charge in [0.2, 0.25) is 0 Å². The Morgan fingerprint density at radius 2 is 1.96 bits per heavy atom. The number of aromatic amines is 2. The molecule has 0 unspecified atom stereocenters. The zero-order valence-corrected chi connectivity index (χ0v) is 14.3. The number of aromatic nitrogens is 3. The number of imidazole rings is 1. The molecule has 0 atom stereocenters. The van der Waals surface area contributed by atoms with Gasteiger partial charge in [0.15, 0.2) is 0 Å². The first-order chi connectivity index (χ1) is 12.7. The van der Waals surface area contributed by atoms with Gasteiger partial charge in [0.1, 0.15) is 17.3 Å². The molecule has 0 bridgehead atoms. The minimum absolute atomic E-state index is 0.0209. The van der Waals surface area contributed by atoms with Gasteiger partial charge in [-0.05, 0) is 30.3 Å². The topological polar surface area (TPSA) is 74.0 Å². The summed E-state index contributed by atoms with van der Waals surface area (Å²) in [5, 5.41) is 1.00. The summed E-state index contributed by atoms with van der Waals surface area (Å²) in [7, 11) is 1.63. The molecule has 3 heterocycles. The van der Waals surface area contributed by atoms with Crippen LogP contribution in [0.1, 0.15) is 22.2 Å². The van der Waals surface area contributed by atoms with Crippen LogP contribution in [-0.2, 0) is 0 Å². The molecule has 5 rings (SSSR count). The van der Waals surface area contributed by atoms with Crippen molar-refractivity contribution in [3.8, 4) is 5.75 Å². The van der Waals surface area contributed by atoms with E-state index in [2.05, 4.69) is 15.0 Å². The molecule has 0 saturated carbocycles. The summed E-state index contributed by atoms with van der Waals surface area (Å²) in [4.78, 5) is 25.8. The lowest BCUT2D eigenvalue weighted by Crippen LogP contribution is -2.48. The third-order valence-electron chi connectivity index (χ3n) is 5.02. The highest BCUT2D eigenvalue weighted by atomic mass is 16.5. The zero-order valence-electron chi connectivity index (χ0n) is 14.3.